The van der Waals surface area contributed by atoms with Gasteiger partial charge in [0.05, 0.1) is 6.54 Å². The summed E-state index contributed by atoms with van der Waals surface area (Å²) in [6.07, 6.45) is 3.77. The number of benzene rings is 2. The Bertz CT molecular complexity index is 800. The van der Waals surface area contributed by atoms with Crippen molar-refractivity contribution < 1.29 is 0 Å². The fourth-order valence-corrected chi connectivity index (χ4v) is 2.61. The Hall–Kier alpha value is -2.35. The molecule has 0 aliphatic heterocycles. The lowest BCUT2D eigenvalue weighted by Crippen LogP contribution is -2.36. The maximum atomic E-state index is 4.28. The van der Waals surface area contributed by atoms with E-state index < -0.39 is 0 Å². The molecule has 0 amide bonds. The molecule has 0 aliphatic carbocycles. The molecule has 0 fully saturated rings. The van der Waals surface area contributed by atoms with Gasteiger partial charge in [0.15, 0.2) is 5.96 Å². The molecule has 5 nitrogen and oxygen atoms in total. The van der Waals surface area contributed by atoms with Crippen LogP contribution in [0, 0.1) is 0 Å². The van der Waals surface area contributed by atoms with Crippen LogP contribution in [-0.4, -0.2) is 22.8 Å². The normalized spacial score (nSPS) is 10.9. The Morgan fingerprint density at radius 2 is 1.62 bits per heavy atom. The largest absolute Gasteiger partial charge is 0.352 e. The summed E-state index contributed by atoms with van der Waals surface area (Å²) in [5, 5.41) is 10.9. The van der Waals surface area contributed by atoms with Crippen LogP contribution in [0.4, 0.5) is 0 Å². The number of hydrogen-bond donors (Lipinski definition) is 2. The minimum Gasteiger partial charge on any atom is -0.352 e. The number of halogens is 1. The molecule has 0 aliphatic rings. The quantitative estimate of drug-likeness (QED) is 0.336. The summed E-state index contributed by atoms with van der Waals surface area (Å²) in [7, 11) is 1.79. The first-order chi connectivity index (χ1) is 12.3. The summed E-state index contributed by atoms with van der Waals surface area (Å²) in [6, 6.07) is 20.7. The number of guanidine groups is 1. The van der Waals surface area contributed by atoms with Gasteiger partial charge in [-0.2, -0.15) is 5.10 Å². The van der Waals surface area contributed by atoms with Crippen molar-refractivity contribution in [3.63, 3.8) is 0 Å². The first-order valence-electron chi connectivity index (χ1n) is 8.37. The van der Waals surface area contributed by atoms with E-state index >= 15 is 0 Å². The molecule has 26 heavy (non-hydrogen) atoms. The molecule has 0 saturated carbocycles. The third-order valence-corrected chi connectivity index (χ3v) is 3.88. The van der Waals surface area contributed by atoms with Crippen molar-refractivity contribution in [2.45, 2.75) is 19.6 Å². The zero-order valence-electron chi connectivity index (χ0n) is 14.8. The summed E-state index contributed by atoms with van der Waals surface area (Å²) in [5.41, 5.74) is 3.68. The van der Waals surface area contributed by atoms with Crippen LogP contribution >= 0.6 is 24.0 Å². The maximum absolute atomic E-state index is 4.28. The van der Waals surface area contributed by atoms with Gasteiger partial charge in [0, 0.05) is 32.5 Å². The van der Waals surface area contributed by atoms with E-state index in [9.17, 15) is 0 Å². The highest BCUT2D eigenvalue weighted by atomic mass is 127. The van der Waals surface area contributed by atoms with E-state index in [4.69, 9.17) is 0 Å². The molecule has 6 heteroatoms. The van der Waals surface area contributed by atoms with Gasteiger partial charge in [-0.1, -0.05) is 54.6 Å². The van der Waals surface area contributed by atoms with Gasteiger partial charge in [-0.05, 0) is 22.8 Å². The molecule has 0 unspecified atom stereocenters. The zero-order valence-corrected chi connectivity index (χ0v) is 17.1. The van der Waals surface area contributed by atoms with E-state index in [1.165, 1.54) is 16.7 Å². The van der Waals surface area contributed by atoms with Gasteiger partial charge in [0.1, 0.15) is 0 Å². The van der Waals surface area contributed by atoms with Crippen LogP contribution in [0.1, 0.15) is 16.7 Å². The second-order valence-electron chi connectivity index (χ2n) is 5.79. The third kappa shape index (κ3) is 6.18. The highest BCUT2D eigenvalue weighted by molar-refractivity contribution is 14.0. The summed E-state index contributed by atoms with van der Waals surface area (Å²) in [5.74, 6) is 0.793. The van der Waals surface area contributed by atoms with Crippen LogP contribution in [0.15, 0.2) is 78.0 Å². The van der Waals surface area contributed by atoms with Crippen molar-refractivity contribution >= 4 is 29.9 Å². The second-order valence-corrected chi connectivity index (χ2v) is 5.79. The molecule has 0 radical (unpaired) electrons. The summed E-state index contributed by atoms with van der Waals surface area (Å²) in [6.45, 7) is 2.25. The molecule has 1 aromatic heterocycles. The Balaban J connectivity index is 0.00000243. The van der Waals surface area contributed by atoms with Gasteiger partial charge in [-0.3, -0.25) is 9.67 Å². The lowest BCUT2D eigenvalue weighted by Gasteiger charge is -2.12. The van der Waals surface area contributed by atoms with Crippen LogP contribution < -0.4 is 10.6 Å². The van der Waals surface area contributed by atoms with Gasteiger partial charge in [-0.15, -0.1) is 24.0 Å². The van der Waals surface area contributed by atoms with Gasteiger partial charge in [-0.25, -0.2) is 0 Å². The third-order valence-electron chi connectivity index (χ3n) is 3.88. The molecule has 2 aromatic carbocycles. The van der Waals surface area contributed by atoms with Crippen molar-refractivity contribution in [2.24, 2.45) is 4.99 Å². The summed E-state index contributed by atoms with van der Waals surface area (Å²) in [4.78, 5) is 4.28. The zero-order chi connectivity index (χ0) is 17.3. The summed E-state index contributed by atoms with van der Waals surface area (Å²) >= 11 is 0. The first kappa shape index (κ1) is 20.0. The molecule has 136 valence electrons. The van der Waals surface area contributed by atoms with Crippen molar-refractivity contribution in [3.05, 3.63) is 89.7 Å². The minimum absolute atomic E-state index is 0. The fourth-order valence-electron chi connectivity index (χ4n) is 2.61. The monoisotopic (exact) mass is 461 g/mol. The fraction of sp³-hybridized carbons (Fsp3) is 0.200. The van der Waals surface area contributed by atoms with Crippen LogP contribution in [0.3, 0.4) is 0 Å². The standard InChI is InChI=1S/C20H23N5.HI/c1-21-20(22-14-17-7-3-2-4-8-17)23-15-18-9-5-10-19(13-18)16-25-12-6-11-24-25;/h2-13H,14-16H2,1H3,(H2,21,22,23);1H. The van der Waals surface area contributed by atoms with Crippen LogP contribution in [0.5, 0.6) is 0 Å². The molecule has 3 rings (SSSR count). The predicted molar refractivity (Wildman–Crippen MR) is 117 cm³/mol. The van der Waals surface area contributed by atoms with Crippen LogP contribution in [-0.2, 0) is 19.6 Å². The van der Waals surface area contributed by atoms with Gasteiger partial charge < -0.3 is 10.6 Å². The van der Waals surface area contributed by atoms with E-state index in [2.05, 4.69) is 57.1 Å². The number of nitrogens with zero attached hydrogens (tertiary/aromatic N) is 3. The Morgan fingerprint density at radius 1 is 0.923 bits per heavy atom. The summed E-state index contributed by atoms with van der Waals surface area (Å²) < 4.78 is 1.92. The highest BCUT2D eigenvalue weighted by Crippen LogP contribution is 2.07. The van der Waals surface area contributed by atoms with Crippen LogP contribution in [0.2, 0.25) is 0 Å². The minimum atomic E-state index is 0. The number of rotatable bonds is 6. The highest BCUT2D eigenvalue weighted by Gasteiger charge is 2.01. The van der Waals surface area contributed by atoms with Crippen molar-refractivity contribution in [3.8, 4) is 0 Å². The SMILES string of the molecule is CN=C(NCc1ccccc1)NCc1cccc(Cn2cccn2)c1.I. The number of nitrogens with one attached hydrogen (secondary N) is 2. The van der Waals surface area contributed by atoms with E-state index in [1.807, 2.05) is 35.1 Å². The van der Waals surface area contributed by atoms with E-state index in [1.54, 1.807) is 13.2 Å². The van der Waals surface area contributed by atoms with Gasteiger partial charge in [0.2, 0.25) is 0 Å². The van der Waals surface area contributed by atoms with E-state index in [-0.39, 0.29) is 24.0 Å². The van der Waals surface area contributed by atoms with Crippen LogP contribution in [0.25, 0.3) is 0 Å². The van der Waals surface area contributed by atoms with Gasteiger partial charge >= 0.3 is 0 Å². The molecular weight excluding hydrogens is 437 g/mol. The molecule has 0 saturated heterocycles. The predicted octanol–water partition coefficient (Wildman–Crippen LogP) is 3.41. The molecule has 0 spiro atoms. The second kappa shape index (κ2) is 10.6. The number of aromatic nitrogens is 2. The maximum Gasteiger partial charge on any atom is 0.191 e. The topological polar surface area (TPSA) is 54.2 Å². The molecule has 0 atom stereocenters. The molecule has 2 N–H and O–H groups in total. The van der Waals surface area contributed by atoms with E-state index in [0.717, 1.165) is 25.6 Å². The van der Waals surface area contributed by atoms with Crippen molar-refractivity contribution in [1.82, 2.24) is 20.4 Å². The van der Waals surface area contributed by atoms with Gasteiger partial charge in [0.25, 0.3) is 0 Å². The number of aliphatic imine (C=N–C) groups is 1. The van der Waals surface area contributed by atoms with E-state index in [0.29, 0.717) is 0 Å². The Kier molecular flexibility index (Phi) is 8.14. The molecule has 3 aromatic rings. The molecule has 1 heterocycles. The first-order valence-corrected chi connectivity index (χ1v) is 8.37. The average molecular weight is 461 g/mol. The van der Waals surface area contributed by atoms with Crippen molar-refractivity contribution in [2.75, 3.05) is 7.05 Å². The molecular formula is C20H24IN5. The molecule has 0 bridgehead atoms. The average Bonchev–Trinajstić information content (AvgIpc) is 3.16. The smallest absolute Gasteiger partial charge is 0.191 e. The lowest BCUT2D eigenvalue weighted by atomic mass is 10.1. The number of hydrogen-bond acceptors (Lipinski definition) is 2. The lowest BCUT2D eigenvalue weighted by molar-refractivity contribution is 0.685. The Labute approximate surface area is 171 Å². The van der Waals surface area contributed by atoms with Crippen molar-refractivity contribution in [1.29, 1.82) is 0 Å². The Morgan fingerprint density at radius 3 is 2.31 bits per heavy atom.